The van der Waals surface area contributed by atoms with Crippen LogP contribution in [0.2, 0.25) is 0 Å². The molecule has 0 atom stereocenters. The molecule has 4 heteroatoms. The lowest BCUT2D eigenvalue weighted by atomic mass is 10.3. The van der Waals surface area contributed by atoms with Gasteiger partial charge in [0.25, 0.3) is 0 Å². The van der Waals surface area contributed by atoms with Gasteiger partial charge in [-0.15, -0.1) is 11.8 Å². The molecule has 0 aliphatic rings. The largest absolute Gasteiger partial charge is 0.325 e. The fourth-order valence-electron chi connectivity index (χ4n) is 2.02. The molecular weight excluding hydrogens is 266 g/mol. The lowest BCUT2D eigenvalue weighted by molar-refractivity contribution is 1.06. The van der Waals surface area contributed by atoms with Crippen LogP contribution in [0.5, 0.6) is 0 Å². The van der Waals surface area contributed by atoms with Gasteiger partial charge in [-0.1, -0.05) is 24.3 Å². The van der Waals surface area contributed by atoms with E-state index in [0.29, 0.717) is 0 Å². The molecule has 3 rings (SSSR count). The lowest BCUT2D eigenvalue weighted by Gasteiger charge is -2.10. The lowest BCUT2D eigenvalue weighted by Crippen LogP contribution is -2.01. The quantitative estimate of drug-likeness (QED) is 0.722. The Balaban J connectivity index is 1.93. The maximum Gasteiger partial charge on any atom is 0.212 e. The minimum Gasteiger partial charge on any atom is -0.325 e. The van der Waals surface area contributed by atoms with Crippen LogP contribution < -0.4 is 5.32 Å². The highest BCUT2D eigenvalue weighted by Gasteiger charge is 2.05. The molecule has 0 saturated heterocycles. The number of rotatable bonds is 4. The maximum atomic E-state index is 4.39. The van der Waals surface area contributed by atoms with Crippen molar-refractivity contribution in [3.8, 4) is 5.69 Å². The molecule has 0 amide bonds. The van der Waals surface area contributed by atoms with Crippen LogP contribution in [0.4, 0.5) is 11.6 Å². The van der Waals surface area contributed by atoms with Gasteiger partial charge < -0.3 is 5.32 Å². The van der Waals surface area contributed by atoms with Gasteiger partial charge in [-0.05, 0) is 36.6 Å². The van der Waals surface area contributed by atoms with Crippen molar-refractivity contribution in [2.24, 2.45) is 0 Å². The van der Waals surface area contributed by atoms with E-state index in [1.807, 2.05) is 41.1 Å². The minimum absolute atomic E-state index is 0.814. The molecule has 0 saturated carbocycles. The number of benzene rings is 2. The number of anilines is 2. The molecule has 0 bridgehead atoms. The SMILES string of the molecule is CSc1cccc(-n2ccnc2Nc2ccccc2)c1. The summed E-state index contributed by atoms with van der Waals surface area (Å²) >= 11 is 1.74. The number of imidazole rings is 1. The molecule has 1 heterocycles. The molecule has 3 nitrogen and oxygen atoms in total. The first-order valence-electron chi connectivity index (χ1n) is 6.36. The Morgan fingerprint density at radius 1 is 1.05 bits per heavy atom. The average Bonchev–Trinajstić information content (AvgIpc) is 2.96. The van der Waals surface area contributed by atoms with Crippen molar-refractivity contribution in [3.63, 3.8) is 0 Å². The van der Waals surface area contributed by atoms with Gasteiger partial charge in [0.15, 0.2) is 0 Å². The van der Waals surface area contributed by atoms with Crippen molar-refractivity contribution in [1.82, 2.24) is 9.55 Å². The predicted molar refractivity (Wildman–Crippen MR) is 85.1 cm³/mol. The highest BCUT2D eigenvalue weighted by atomic mass is 32.2. The molecular formula is C16H15N3S. The summed E-state index contributed by atoms with van der Waals surface area (Å²) in [7, 11) is 0. The van der Waals surface area contributed by atoms with Gasteiger partial charge in [0.2, 0.25) is 5.95 Å². The van der Waals surface area contributed by atoms with E-state index in [1.165, 1.54) is 4.90 Å². The Bertz CT molecular complexity index is 692. The highest BCUT2D eigenvalue weighted by Crippen LogP contribution is 2.22. The van der Waals surface area contributed by atoms with Gasteiger partial charge in [-0.25, -0.2) is 4.98 Å². The molecule has 0 spiro atoms. The number of nitrogens with one attached hydrogen (secondary N) is 1. The fraction of sp³-hybridized carbons (Fsp3) is 0.0625. The van der Waals surface area contributed by atoms with Crippen molar-refractivity contribution in [2.75, 3.05) is 11.6 Å². The zero-order valence-electron chi connectivity index (χ0n) is 11.2. The van der Waals surface area contributed by atoms with Crippen LogP contribution in [0, 0.1) is 0 Å². The molecule has 0 fully saturated rings. The third-order valence-electron chi connectivity index (χ3n) is 3.00. The Labute approximate surface area is 122 Å². The van der Waals surface area contributed by atoms with E-state index in [2.05, 4.69) is 40.8 Å². The van der Waals surface area contributed by atoms with Gasteiger partial charge in [-0.3, -0.25) is 4.57 Å². The van der Waals surface area contributed by atoms with Gasteiger partial charge in [0, 0.05) is 28.7 Å². The van der Waals surface area contributed by atoms with Crippen LogP contribution >= 0.6 is 11.8 Å². The normalized spacial score (nSPS) is 10.4. The highest BCUT2D eigenvalue weighted by molar-refractivity contribution is 7.98. The molecule has 0 aliphatic carbocycles. The number of aromatic nitrogens is 2. The van der Waals surface area contributed by atoms with E-state index in [9.17, 15) is 0 Å². The first kappa shape index (κ1) is 12.8. The smallest absolute Gasteiger partial charge is 0.212 e. The summed E-state index contributed by atoms with van der Waals surface area (Å²) in [5.41, 5.74) is 2.13. The zero-order chi connectivity index (χ0) is 13.8. The topological polar surface area (TPSA) is 29.9 Å². The van der Waals surface area contributed by atoms with Crippen molar-refractivity contribution in [2.45, 2.75) is 4.90 Å². The maximum absolute atomic E-state index is 4.39. The zero-order valence-corrected chi connectivity index (χ0v) is 12.0. The fourth-order valence-corrected chi connectivity index (χ4v) is 2.47. The van der Waals surface area contributed by atoms with Gasteiger partial charge >= 0.3 is 0 Å². The predicted octanol–water partition coefficient (Wildman–Crippen LogP) is 4.34. The third-order valence-corrected chi connectivity index (χ3v) is 3.73. The van der Waals surface area contributed by atoms with Gasteiger partial charge in [0.05, 0.1) is 0 Å². The molecule has 1 N–H and O–H groups in total. The van der Waals surface area contributed by atoms with E-state index < -0.39 is 0 Å². The second-order valence-electron chi connectivity index (χ2n) is 4.31. The first-order chi connectivity index (χ1) is 9.86. The molecule has 20 heavy (non-hydrogen) atoms. The minimum atomic E-state index is 0.814. The third kappa shape index (κ3) is 2.70. The molecule has 1 aromatic heterocycles. The summed E-state index contributed by atoms with van der Waals surface area (Å²) in [4.78, 5) is 5.63. The second-order valence-corrected chi connectivity index (χ2v) is 5.19. The van der Waals surface area contributed by atoms with E-state index in [-0.39, 0.29) is 0 Å². The van der Waals surface area contributed by atoms with Crippen LogP contribution in [-0.4, -0.2) is 15.8 Å². The monoisotopic (exact) mass is 281 g/mol. The van der Waals surface area contributed by atoms with E-state index >= 15 is 0 Å². The Morgan fingerprint density at radius 3 is 2.70 bits per heavy atom. The van der Waals surface area contributed by atoms with Crippen LogP contribution in [0.1, 0.15) is 0 Å². The van der Waals surface area contributed by atoms with Crippen molar-refractivity contribution < 1.29 is 0 Å². The Kier molecular flexibility index (Phi) is 3.74. The number of nitrogens with zero attached hydrogens (tertiary/aromatic N) is 2. The van der Waals surface area contributed by atoms with E-state index in [0.717, 1.165) is 17.3 Å². The Morgan fingerprint density at radius 2 is 1.90 bits per heavy atom. The summed E-state index contributed by atoms with van der Waals surface area (Å²) in [6.07, 6.45) is 5.85. The first-order valence-corrected chi connectivity index (χ1v) is 7.59. The van der Waals surface area contributed by atoms with Crippen LogP contribution in [0.25, 0.3) is 5.69 Å². The second kappa shape index (κ2) is 5.84. The van der Waals surface area contributed by atoms with Crippen LogP contribution in [-0.2, 0) is 0 Å². The van der Waals surface area contributed by atoms with E-state index in [1.54, 1.807) is 18.0 Å². The molecule has 0 aliphatic heterocycles. The summed E-state index contributed by atoms with van der Waals surface area (Å²) in [6.45, 7) is 0. The average molecular weight is 281 g/mol. The Hall–Kier alpha value is -2.20. The summed E-state index contributed by atoms with van der Waals surface area (Å²) in [6, 6.07) is 18.5. The molecule has 0 radical (unpaired) electrons. The number of para-hydroxylation sites is 1. The van der Waals surface area contributed by atoms with Crippen molar-refractivity contribution in [1.29, 1.82) is 0 Å². The van der Waals surface area contributed by atoms with Crippen molar-refractivity contribution >= 4 is 23.4 Å². The van der Waals surface area contributed by atoms with Crippen molar-refractivity contribution in [3.05, 3.63) is 67.0 Å². The number of hydrogen-bond acceptors (Lipinski definition) is 3. The standard InChI is InChI=1S/C16H15N3S/c1-20-15-9-5-8-14(12-15)19-11-10-17-16(19)18-13-6-3-2-4-7-13/h2-12H,1H3,(H,17,18). The van der Waals surface area contributed by atoms with Gasteiger partial charge in [0.1, 0.15) is 0 Å². The number of hydrogen-bond donors (Lipinski definition) is 1. The van der Waals surface area contributed by atoms with Gasteiger partial charge in [-0.2, -0.15) is 0 Å². The number of thioether (sulfide) groups is 1. The van der Waals surface area contributed by atoms with E-state index in [4.69, 9.17) is 0 Å². The molecule has 3 aromatic rings. The van der Waals surface area contributed by atoms with Crippen LogP contribution in [0.15, 0.2) is 71.9 Å². The molecule has 2 aromatic carbocycles. The summed E-state index contributed by atoms with van der Waals surface area (Å²) < 4.78 is 2.05. The van der Waals surface area contributed by atoms with Crippen LogP contribution in [0.3, 0.4) is 0 Å². The summed E-state index contributed by atoms with van der Waals surface area (Å²) in [5.74, 6) is 0.814. The molecule has 0 unspecified atom stereocenters. The summed E-state index contributed by atoms with van der Waals surface area (Å²) in [5, 5.41) is 3.33. The molecule has 100 valence electrons.